The second-order valence-electron chi connectivity index (χ2n) is 6.09. The third-order valence-electron chi connectivity index (χ3n) is 4.45. The highest BCUT2D eigenvalue weighted by Gasteiger charge is 2.34. The van der Waals surface area contributed by atoms with Crippen LogP contribution in [0.1, 0.15) is 31.4 Å². The molecule has 2 unspecified atom stereocenters. The van der Waals surface area contributed by atoms with Crippen molar-refractivity contribution in [2.75, 3.05) is 6.54 Å². The molecule has 19 heavy (non-hydrogen) atoms. The molecule has 102 valence electrons. The van der Waals surface area contributed by atoms with Crippen LogP contribution >= 0.6 is 0 Å². The molecule has 0 bridgehead atoms. The Balaban J connectivity index is 1.73. The molecule has 0 aromatic heterocycles. The van der Waals surface area contributed by atoms with Crippen molar-refractivity contribution in [2.24, 2.45) is 5.92 Å². The molecule has 2 heterocycles. The molecule has 3 atom stereocenters. The third-order valence-corrected chi connectivity index (χ3v) is 4.45. The van der Waals surface area contributed by atoms with Crippen LogP contribution in [-0.4, -0.2) is 29.4 Å². The molecule has 2 aliphatic rings. The topological polar surface area (TPSA) is 32.3 Å². The van der Waals surface area contributed by atoms with Gasteiger partial charge in [-0.3, -0.25) is 4.79 Å². The fourth-order valence-electron chi connectivity index (χ4n) is 3.44. The normalized spacial score (nSPS) is 30.2. The van der Waals surface area contributed by atoms with Crippen molar-refractivity contribution in [3.05, 3.63) is 35.4 Å². The van der Waals surface area contributed by atoms with E-state index in [2.05, 4.69) is 48.3 Å². The van der Waals surface area contributed by atoms with Gasteiger partial charge in [0.05, 0.1) is 6.04 Å². The molecule has 1 aromatic carbocycles. The smallest absolute Gasteiger partial charge is 0.240 e. The zero-order valence-corrected chi connectivity index (χ0v) is 11.7. The molecule has 2 aliphatic heterocycles. The van der Waals surface area contributed by atoms with E-state index >= 15 is 0 Å². The molecule has 3 rings (SSSR count). The maximum atomic E-state index is 12.6. The Morgan fingerprint density at radius 3 is 2.68 bits per heavy atom. The number of nitrogens with zero attached hydrogens (tertiary/aromatic N) is 1. The molecule has 1 aromatic rings. The number of carbonyl (C=O) groups is 1. The summed E-state index contributed by atoms with van der Waals surface area (Å²) in [4.78, 5) is 14.7. The van der Waals surface area contributed by atoms with Crippen molar-refractivity contribution in [1.82, 2.24) is 10.2 Å². The zero-order chi connectivity index (χ0) is 13.4. The van der Waals surface area contributed by atoms with Gasteiger partial charge in [-0.1, -0.05) is 31.2 Å². The van der Waals surface area contributed by atoms with Crippen LogP contribution in [0.4, 0.5) is 0 Å². The monoisotopic (exact) mass is 258 g/mol. The molecule has 3 heteroatoms. The first kappa shape index (κ1) is 12.7. The average Bonchev–Trinajstić information content (AvgIpc) is 2.76. The van der Waals surface area contributed by atoms with Gasteiger partial charge in [0.1, 0.15) is 0 Å². The van der Waals surface area contributed by atoms with Crippen LogP contribution in [0.15, 0.2) is 24.3 Å². The van der Waals surface area contributed by atoms with Gasteiger partial charge in [0.25, 0.3) is 0 Å². The predicted molar refractivity (Wildman–Crippen MR) is 75.7 cm³/mol. The van der Waals surface area contributed by atoms with Crippen LogP contribution in [0.25, 0.3) is 0 Å². The van der Waals surface area contributed by atoms with Crippen LogP contribution in [0.2, 0.25) is 0 Å². The fraction of sp³-hybridized carbons (Fsp3) is 0.562. The van der Waals surface area contributed by atoms with Gasteiger partial charge in [-0.15, -0.1) is 0 Å². The molecular weight excluding hydrogens is 236 g/mol. The van der Waals surface area contributed by atoms with Crippen molar-refractivity contribution < 1.29 is 4.79 Å². The van der Waals surface area contributed by atoms with Gasteiger partial charge in [0.15, 0.2) is 0 Å². The summed E-state index contributed by atoms with van der Waals surface area (Å²) >= 11 is 0. The predicted octanol–water partition coefficient (Wildman–Crippen LogP) is 1.96. The minimum Gasteiger partial charge on any atom is -0.338 e. The summed E-state index contributed by atoms with van der Waals surface area (Å²) in [6.45, 7) is 6.12. The van der Waals surface area contributed by atoms with Gasteiger partial charge in [0, 0.05) is 19.1 Å². The Morgan fingerprint density at radius 2 is 2.00 bits per heavy atom. The second kappa shape index (κ2) is 4.97. The highest BCUT2D eigenvalue weighted by molar-refractivity contribution is 5.83. The molecule has 1 amide bonds. The number of amides is 1. The highest BCUT2D eigenvalue weighted by atomic mass is 16.2. The van der Waals surface area contributed by atoms with Crippen LogP contribution < -0.4 is 5.32 Å². The van der Waals surface area contributed by atoms with Gasteiger partial charge in [-0.2, -0.15) is 0 Å². The van der Waals surface area contributed by atoms with Gasteiger partial charge in [-0.25, -0.2) is 0 Å². The lowest BCUT2D eigenvalue weighted by atomic mass is 9.95. The Labute approximate surface area is 115 Å². The summed E-state index contributed by atoms with van der Waals surface area (Å²) in [6, 6.07) is 8.76. The van der Waals surface area contributed by atoms with Gasteiger partial charge >= 0.3 is 0 Å². The number of nitrogens with one attached hydrogen (secondary N) is 1. The van der Waals surface area contributed by atoms with Gasteiger partial charge < -0.3 is 10.2 Å². The van der Waals surface area contributed by atoms with E-state index in [1.54, 1.807) is 0 Å². The number of rotatable bonds is 1. The zero-order valence-electron chi connectivity index (χ0n) is 11.7. The number of hydrogen-bond acceptors (Lipinski definition) is 2. The first-order chi connectivity index (χ1) is 9.15. The second-order valence-corrected chi connectivity index (χ2v) is 6.09. The first-order valence-electron chi connectivity index (χ1n) is 7.26. The Bertz CT molecular complexity index is 485. The number of benzene rings is 1. The van der Waals surface area contributed by atoms with E-state index in [0.717, 1.165) is 25.9 Å². The van der Waals surface area contributed by atoms with Gasteiger partial charge in [0.2, 0.25) is 5.91 Å². The Kier molecular flexibility index (Phi) is 3.31. The average molecular weight is 258 g/mol. The van der Waals surface area contributed by atoms with Gasteiger partial charge in [-0.05, 0) is 36.8 Å². The summed E-state index contributed by atoms with van der Waals surface area (Å²) in [5.41, 5.74) is 2.65. The summed E-state index contributed by atoms with van der Waals surface area (Å²) < 4.78 is 0. The number of carbonyl (C=O) groups excluding carboxylic acids is 1. The van der Waals surface area contributed by atoms with Crippen molar-refractivity contribution in [3.63, 3.8) is 0 Å². The van der Waals surface area contributed by atoms with Crippen molar-refractivity contribution in [2.45, 2.75) is 45.3 Å². The molecular formula is C16H22N2O. The minimum absolute atomic E-state index is 0.0392. The molecule has 0 aliphatic carbocycles. The maximum Gasteiger partial charge on any atom is 0.240 e. The molecule has 3 nitrogen and oxygen atoms in total. The van der Waals surface area contributed by atoms with E-state index in [-0.39, 0.29) is 11.9 Å². The van der Waals surface area contributed by atoms with Crippen LogP contribution in [-0.2, 0) is 17.8 Å². The molecule has 1 fully saturated rings. The summed E-state index contributed by atoms with van der Waals surface area (Å²) in [6.07, 6.45) is 1.96. The summed E-state index contributed by atoms with van der Waals surface area (Å²) in [5, 5.41) is 3.40. The third kappa shape index (κ3) is 2.39. The SMILES string of the molecule is CC1CC(C)N(C(=O)[C@@H]2Cc3ccccc3CN2)C1. The fourth-order valence-corrected chi connectivity index (χ4v) is 3.44. The lowest BCUT2D eigenvalue weighted by Crippen LogP contribution is -2.50. The lowest BCUT2D eigenvalue weighted by Gasteiger charge is -2.31. The first-order valence-corrected chi connectivity index (χ1v) is 7.26. The van der Waals surface area contributed by atoms with E-state index in [1.165, 1.54) is 11.1 Å². The lowest BCUT2D eigenvalue weighted by molar-refractivity contribution is -0.134. The van der Waals surface area contributed by atoms with E-state index < -0.39 is 0 Å². The Morgan fingerprint density at radius 1 is 1.26 bits per heavy atom. The summed E-state index contributed by atoms with van der Waals surface area (Å²) in [5.74, 6) is 0.918. The Hall–Kier alpha value is -1.35. The largest absolute Gasteiger partial charge is 0.338 e. The maximum absolute atomic E-state index is 12.6. The van der Waals surface area contributed by atoms with E-state index in [4.69, 9.17) is 0 Å². The molecule has 0 saturated carbocycles. The highest BCUT2D eigenvalue weighted by Crippen LogP contribution is 2.25. The van der Waals surface area contributed by atoms with Crippen LogP contribution in [0.5, 0.6) is 0 Å². The molecule has 1 saturated heterocycles. The van der Waals surface area contributed by atoms with E-state index in [9.17, 15) is 4.79 Å². The number of fused-ring (bicyclic) bond motifs is 1. The molecule has 1 N–H and O–H groups in total. The molecule has 0 spiro atoms. The summed E-state index contributed by atoms with van der Waals surface area (Å²) in [7, 11) is 0. The van der Waals surface area contributed by atoms with Crippen LogP contribution in [0.3, 0.4) is 0 Å². The number of likely N-dealkylation sites (tertiary alicyclic amines) is 1. The van der Waals surface area contributed by atoms with Crippen molar-refractivity contribution in [1.29, 1.82) is 0 Å². The van der Waals surface area contributed by atoms with Crippen molar-refractivity contribution in [3.8, 4) is 0 Å². The van der Waals surface area contributed by atoms with Crippen LogP contribution in [0, 0.1) is 5.92 Å². The van der Waals surface area contributed by atoms with Crippen molar-refractivity contribution >= 4 is 5.91 Å². The standard InChI is InChI=1S/C16H22N2O/c1-11-7-12(2)18(10-11)16(19)15-8-13-5-3-4-6-14(13)9-17-15/h3-6,11-12,15,17H,7-10H2,1-2H3/t11?,12?,15-/m0/s1. The number of hydrogen-bond donors (Lipinski definition) is 1. The molecule has 0 radical (unpaired) electrons. The van der Waals surface area contributed by atoms with E-state index in [0.29, 0.717) is 12.0 Å². The quantitative estimate of drug-likeness (QED) is 0.835. The minimum atomic E-state index is -0.0392. The van der Waals surface area contributed by atoms with E-state index in [1.807, 2.05) is 0 Å².